The molecule has 0 aliphatic rings. The largest absolute Gasteiger partial charge is 0.480 e. The first-order chi connectivity index (χ1) is 7.93. The lowest BCUT2D eigenvalue weighted by Gasteiger charge is -2.26. The van der Waals surface area contributed by atoms with Crippen LogP contribution >= 0.6 is 0 Å². The lowest BCUT2D eigenvalue weighted by molar-refractivity contribution is -0.149. The van der Waals surface area contributed by atoms with E-state index >= 15 is 0 Å². The van der Waals surface area contributed by atoms with Crippen molar-refractivity contribution in [3.63, 3.8) is 0 Å². The standard InChI is InChI=1S/C10H18N2O5/c1-4-5-12(7(2)9(14)15)8(13)6-11-10(16)17-3/h7H,4-6H2,1-3H3,(H,11,16)(H,14,15). The minimum atomic E-state index is -1.08. The smallest absolute Gasteiger partial charge is 0.407 e. The predicted octanol–water partition coefficient (Wildman–Crippen LogP) is 0.0541. The van der Waals surface area contributed by atoms with Crippen molar-refractivity contribution in [2.75, 3.05) is 20.2 Å². The Labute approximate surface area is 99.7 Å². The summed E-state index contributed by atoms with van der Waals surface area (Å²) >= 11 is 0. The predicted molar refractivity (Wildman–Crippen MR) is 59.5 cm³/mol. The van der Waals surface area contributed by atoms with Crippen LogP contribution in [0.3, 0.4) is 0 Å². The maximum absolute atomic E-state index is 11.7. The van der Waals surface area contributed by atoms with E-state index in [9.17, 15) is 14.4 Å². The Morgan fingerprint density at radius 3 is 2.41 bits per heavy atom. The highest BCUT2D eigenvalue weighted by Gasteiger charge is 2.24. The van der Waals surface area contributed by atoms with E-state index in [-0.39, 0.29) is 6.54 Å². The number of hydrogen-bond acceptors (Lipinski definition) is 4. The zero-order valence-electron chi connectivity index (χ0n) is 10.2. The first-order valence-electron chi connectivity index (χ1n) is 5.28. The third-order valence-corrected chi connectivity index (χ3v) is 2.18. The van der Waals surface area contributed by atoms with Crippen LogP contribution in [-0.4, -0.2) is 54.2 Å². The molecule has 0 rings (SSSR count). The Morgan fingerprint density at radius 2 is 2.00 bits per heavy atom. The molecule has 0 aromatic rings. The van der Waals surface area contributed by atoms with Crippen LogP contribution in [-0.2, 0) is 14.3 Å². The van der Waals surface area contributed by atoms with Gasteiger partial charge in [-0.2, -0.15) is 0 Å². The van der Waals surface area contributed by atoms with E-state index in [1.54, 1.807) is 0 Å². The van der Waals surface area contributed by atoms with Crippen molar-refractivity contribution in [1.29, 1.82) is 0 Å². The number of carbonyl (C=O) groups excluding carboxylic acids is 2. The molecule has 7 heteroatoms. The highest BCUT2D eigenvalue weighted by molar-refractivity contribution is 5.86. The molecular formula is C10H18N2O5. The molecular weight excluding hydrogens is 228 g/mol. The molecule has 0 aromatic heterocycles. The Balaban J connectivity index is 4.44. The summed E-state index contributed by atoms with van der Waals surface area (Å²) in [5, 5.41) is 11.1. The molecule has 0 spiro atoms. The van der Waals surface area contributed by atoms with Gasteiger partial charge in [0.2, 0.25) is 5.91 Å². The van der Waals surface area contributed by atoms with Crippen molar-refractivity contribution in [3.8, 4) is 0 Å². The van der Waals surface area contributed by atoms with Gasteiger partial charge in [-0.3, -0.25) is 4.79 Å². The van der Waals surface area contributed by atoms with Gasteiger partial charge in [-0.1, -0.05) is 6.92 Å². The molecule has 1 unspecified atom stereocenters. The number of nitrogens with one attached hydrogen (secondary N) is 1. The molecule has 0 aromatic carbocycles. The van der Waals surface area contributed by atoms with Gasteiger partial charge in [-0.05, 0) is 13.3 Å². The van der Waals surface area contributed by atoms with Crippen LogP contribution in [0.4, 0.5) is 4.79 Å². The van der Waals surface area contributed by atoms with Crippen molar-refractivity contribution in [1.82, 2.24) is 10.2 Å². The Morgan fingerprint density at radius 1 is 1.41 bits per heavy atom. The average molecular weight is 246 g/mol. The fraction of sp³-hybridized carbons (Fsp3) is 0.700. The molecule has 0 aliphatic carbocycles. The molecule has 7 nitrogen and oxygen atoms in total. The highest BCUT2D eigenvalue weighted by Crippen LogP contribution is 2.01. The summed E-state index contributed by atoms with van der Waals surface area (Å²) in [4.78, 5) is 34.5. The Kier molecular flexibility index (Phi) is 6.69. The van der Waals surface area contributed by atoms with E-state index in [1.165, 1.54) is 18.9 Å². The number of carboxylic acids is 1. The van der Waals surface area contributed by atoms with Crippen molar-refractivity contribution < 1.29 is 24.2 Å². The van der Waals surface area contributed by atoms with Crippen molar-refractivity contribution in [3.05, 3.63) is 0 Å². The lowest BCUT2D eigenvalue weighted by atomic mass is 10.2. The molecule has 0 saturated carbocycles. The number of carbonyl (C=O) groups is 3. The molecule has 0 bridgehead atoms. The maximum atomic E-state index is 11.7. The van der Waals surface area contributed by atoms with Crippen LogP contribution < -0.4 is 5.32 Å². The summed E-state index contributed by atoms with van der Waals surface area (Å²) in [7, 11) is 1.18. The minimum absolute atomic E-state index is 0.274. The van der Waals surface area contributed by atoms with Crippen LogP contribution in [0, 0.1) is 0 Å². The fourth-order valence-corrected chi connectivity index (χ4v) is 1.23. The lowest BCUT2D eigenvalue weighted by Crippen LogP contribution is -2.47. The van der Waals surface area contributed by atoms with Crippen LogP contribution in [0.25, 0.3) is 0 Å². The molecule has 0 radical (unpaired) electrons. The third kappa shape index (κ3) is 5.19. The van der Waals surface area contributed by atoms with Gasteiger partial charge in [0.15, 0.2) is 0 Å². The molecule has 98 valence electrons. The summed E-state index contributed by atoms with van der Waals surface area (Å²) in [6.45, 7) is 3.32. The van der Waals surface area contributed by atoms with E-state index in [1.807, 2.05) is 6.92 Å². The first kappa shape index (κ1) is 15.2. The maximum Gasteiger partial charge on any atom is 0.407 e. The molecule has 0 heterocycles. The molecule has 2 N–H and O–H groups in total. The number of ether oxygens (including phenoxy) is 1. The van der Waals surface area contributed by atoms with E-state index in [2.05, 4.69) is 10.1 Å². The fourth-order valence-electron chi connectivity index (χ4n) is 1.23. The number of methoxy groups -OCH3 is 1. The second-order valence-electron chi connectivity index (χ2n) is 3.45. The number of nitrogens with zero attached hydrogens (tertiary/aromatic N) is 1. The average Bonchev–Trinajstić information content (AvgIpc) is 2.31. The Bertz CT molecular complexity index is 292. The third-order valence-electron chi connectivity index (χ3n) is 2.18. The van der Waals surface area contributed by atoms with E-state index in [0.717, 1.165) is 0 Å². The van der Waals surface area contributed by atoms with Crippen molar-refractivity contribution >= 4 is 18.0 Å². The first-order valence-corrected chi connectivity index (χ1v) is 5.28. The van der Waals surface area contributed by atoms with Gasteiger partial charge in [-0.15, -0.1) is 0 Å². The van der Waals surface area contributed by atoms with Crippen molar-refractivity contribution in [2.45, 2.75) is 26.3 Å². The molecule has 0 aliphatic heterocycles. The summed E-state index contributed by atoms with van der Waals surface area (Å²) in [6, 6.07) is -0.915. The highest BCUT2D eigenvalue weighted by atomic mass is 16.5. The Hall–Kier alpha value is -1.79. The van der Waals surface area contributed by atoms with Gasteiger partial charge in [0.1, 0.15) is 12.6 Å². The summed E-state index contributed by atoms with van der Waals surface area (Å²) < 4.78 is 4.31. The van der Waals surface area contributed by atoms with Crippen LogP contribution in [0.15, 0.2) is 0 Å². The van der Waals surface area contributed by atoms with Gasteiger partial charge in [0.05, 0.1) is 7.11 Å². The normalized spacial score (nSPS) is 11.5. The molecule has 2 amide bonds. The number of amides is 2. The van der Waals surface area contributed by atoms with E-state index < -0.39 is 24.0 Å². The van der Waals surface area contributed by atoms with Crippen molar-refractivity contribution in [2.24, 2.45) is 0 Å². The summed E-state index contributed by atoms with van der Waals surface area (Å²) in [5.41, 5.74) is 0. The molecule has 17 heavy (non-hydrogen) atoms. The quantitative estimate of drug-likeness (QED) is 0.690. The van der Waals surface area contributed by atoms with Crippen LogP contribution in [0.5, 0.6) is 0 Å². The number of rotatable bonds is 6. The summed E-state index contributed by atoms with van der Waals surface area (Å²) in [6.07, 6.45) is -0.0838. The van der Waals surface area contributed by atoms with Gasteiger partial charge in [0.25, 0.3) is 0 Å². The topological polar surface area (TPSA) is 95.9 Å². The van der Waals surface area contributed by atoms with Gasteiger partial charge >= 0.3 is 12.1 Å². The molecule has 0 saturated heterocycles. The van der Waals surface area contributed by atoms with E-state index in [0.29, 0.717) is 13.0 Å². The number of carboxylic acid groups (broad SMARTS) is 1. The monoisotopic (exact) mass is 246 g/mol. The SMILES string of the molecule is CCCN(C(=O)CNC(=O)OC)C(C)C(=O)O. The van der Waals surface area contributed by atoms with Gasteiger partial charge < -0.3 is 20.1 Å². The van der Waals surface area contributed by atoms with Gasteiger partial charge in [0, 0.05) is 6.54 Å². The number of aliphatic carboxylic acids is 1. The van der Waals surface area contributed by atoms with Crippen LogP contribution in [0.1, 0.15) is 20.3 Å². The van der Waals surface area contributed by atoms with E-state index in [4.69, 9.17) is 5.11 Å². The number of hydrogen-bond donors (Lipinski definition) is 2. The molecule has 1 atom stereocenters. The van der Waals surface area contributed by atoms with Crippen LogP contribution in [0.2, 0.25) is 0 Å². The second-order valence-corrected chi connectivity index (χ2v) is 3.45. The second kappa shape index (κ2) is 7.48. The summed E-state index contributed by atoms with van der Waals surface area (Å²) in [5.74, 6) is -1.53. The number of alkyl carbamates (subject to hydrolysis) is 1. The van der Waals surface area contributed by atoms with Gasteiger partial charge in [-0.25, -0.2) is 9.59 Å². The zero-order valence-corrected chi connectivity index (χ0v) is 10.2. The molecule has 0 fully saturated rings. The minimum Gasteiger partial charge on any atom is -0.480 e. The zero-order chi connectivity index (χ0) is 13.4.